The number of ether oxygens (including phenoxy) is 1. The molecule has 1 aliphatic rings. The van der Waals surface area contributed by atoms with E-state index in [-0.39, 0.29) is 6.54 Å². The fourth-order valence-electron chi connectivity index (χ4n) is 3.95. The van der Waals surface area contributed by atoms with Crippen LogP contribution in [0, 0.1) is 11.6 Å². The van der Waals surface area contributed by atoms with E-state index in [1.165, 1.54) is 53.4 Å². The van der Waals surface area contributed by atoms with Gasteiger partial charge in [0.15, 0.2) is 5.60 Å². The number of halogens is 2. The molecule has 0 aliphatic carbocycles. The van der Waals surface area contributed by atoms with Gasteiger partial charge in [-0.2, -0.15) is 0 Å². The zero-order valence-corrected chi connectivity index (χ0v) is 15.8. The van der Waals surface area contributed by atoms with Crippen molar-refractivity contribution in [3.05, 3.63) is 107 Å². The molecule has 3 aromatic rings. The second-order valence-corrected chi connectivity index (χ2v) is 7.02. The van der Waals surface area contributed by atoms with Crippen LogP contribution in [0.5, 0.6) is 0 Å². The number of nitrogens with zero attached hydrogens (tertiary/aromatic N) is 1. The van der Waals surface area contributed by atoms with Crippen molar-refractivity contribution in [2.45, 2.75) is 11.6 Å². The average molecular weight is 408 g/mol. The maximum Gasteiger partial charge on any atom is 0.412 e. The summed E-state index contributed by atoms with van der Waals surface area (Å²) in [5.74, 6) is -1.62. The Morgan fingerprint density at radius 1 is 0.900 bits per heavy atom. The number of benzene rings is 3. The Hall–Kier alpha value is -3.74. The Morgan fingerprint density at radius 3 is 1.87 bits per heavy atom. The number of carbonyl (C=O) groups excluding carboxylic acids is 2. The SMILES string of the molecule is NC(=O)CN1C(=O)OC(c2ccc(F)cc2)(c2ccc(F)cc2)C1c1ccccc1. The van der Waals surface area contributed by atoms with Crippen molar-refractivity contribution < 1.29 is 23.1 Å². The van der Waals surface area contributed by atoms with Crippen LogP contribution in [-0.2, 0) is 15.1 Å². The molecule has 1 unspecified atom stereocenters. The Morgan fingerprint density at radius 2 is 1.40 bits per heavy atom. The van der Waals surface area contributed by atoms with Crippen LogP contribution in [-0.4, -0.2) is 23.4 Å². The highest BCUT2D eigenvalue weighted by molar-refractivity contribution is 5.83. The lowest BCUT2D eigenvalue weighted by molar-refractivity contribution is -0.118. The van der Waals surface area contributed by atoms with Crippen LogP contribution in [0.15, 0.2) is 78.9 Å². The predicted octanol–water partition coefficient (Wildman–Crippen LogP) is 3.89. The molecule has 1 heterocycles. The summed E-state index contributed by atoms with van der Waals surface area (Å²) >= 11 is 0. The summed E-state index contributed by atoms with van der Waals surface area (Å²) in [4.78, 5) is 25.9. The van der Waals surface area contributed by atoms with Crippen molar-refractivity contribution >= 4 is 12.0 Å². The molecule has 7 heteroatoms. The van der Waals surface area contributed by atoms with Gasteiger partial charge in [0.2, 0.25) is 5.91 Å². The zero-order valence-electron chi connectivity index (χ0n) is 15.8. The highest BCUT2D eigenvalue weighted by Crippen LogP contribution is 2.52. The average Bonchev–Trinajstić information content (AvgIpc) is 3.02. The van der Waals surface area contributed by atoms with Gasteiger partial charge in [-0.3, -0.25) is 9.69 Å². The largest absolute Gasteiger partial charge is 0.430 e. The Labute approximate surface area is 171 Å². The van der Waals surface area contributed by atoms with Crippen molar-refractivity contribution in [3.8, 4) is 0 Å². The third-order valence-electron chi connectivity index (χ3n) is 5.17. The summed E-state index contributed by atoms with van der Waals surface area (Å²) in [6.07, 6.45) is -0.753. The van der Waals surface area contributed by atoms with E-state index in [0.717, 1.165) is 0 Å². The number of cyclic esters (lactones) is 1. The Balaban J connectivity index is 2.00. The van der Waals surface area contributed by atoms with Crippen LogP contribution < -0.4 is 5.73 Å². The standard InChI is InChI=1S/C23H18F2N2O3/c24-18-10-6-16(7-11-18)23(17-8-12-19(25)13-9-17)21(15-4-2-1-3-5-15)27(14-20(26)28)22(29)30-23/h1-13,21H,14H2,(H2,26,28). The summed E-state index contributed by atoms with van der Waals surface area (Å²) in [6, 6.07) is 19.3. The van der Waals surface area contributed by atoms with E-state index in [4.69, 9.17) is 10.5 Å². The molecule has 2 N–H and O–H groups in total. The molecular formula is C23H18F2N2O3. The summed E-state index contributed by atoms with van der Waals surface area (Å²) in [5.41, 5.74) is 5.58. The van der Waals surface area contributed by atoms with E-state index in [9.17, 15) is 18.4 Å². The third kappa shape index (κ3) is 3.28. The predicted molar refractivity (Wildman–Crippen MR) is 105 cm³/mol. The van der Waals surface area contributed by atoms with Gasteiger partial charge in [-0.1, -0.05) is 54.6 Å². The van der Waals surface area contributed by atoms with Crippen molar-refractivity contribution in [3.63, 3.8) is 0 Å². The third-order valence-corrected chi connectivity index (χ3v) is 5.17. The lowest BCUT2D eigenvalue weighted by Crippen LogP contribution is -2.41. The number of primary amides is 1. The number of nitrogens with two attached hydrogens (primary N) is 1. The van der Waals surface area contributed by atoms with Crippen LogP contribution in [0.2, 0.25) is 0 Å². The molecule has 0 aromatic heterocycles. The minimum atomic E-state index is -1.45. The summed E-state index contributed by atoms with van der Waals surface area (Å²) in [7, 11) is 0. The van der Waals surface area contributed by atoms with Gasteiger partial charge in [-0.05, 0) is 29.8 Å². The lowest BCUT2D eigenvalue weighted by Gasteiger charge is -2.36. The molecular weight excluding hydrogens is 390 g/mol. The van der Waals surface area contributed by atoms with Crippen molar-refractivity contribution in [1.82, 2.24) is 4.90 Å². The molecule has 0 radical (unpaired) electrons. The molecule has 152 valence electrons. The van der Waals surface area contributed by atoms with E-state index >= 15 is 0 Å². The van der Waals surface area contributed by atoms with E-state index in [0.29, 0.717) is 16.7 Å². The maximum atomic E-state index is 13.7. The molecule has 2 amide bonds. The van der Waals surface area contributed by atoms with Gasteiger partial charge >= 0.3 is 6.09 Å². The van der Waals surface area contributed by atoms with Gasteiger partial charge in [-0.25, -0.2) is 13.6 Å². The quantitative estimate of drug-likeness (QED) is 0.696. The number of rotatable bonds is 5. The van der Waals surface area contributed by atoms with Crippen LogP contribution in [0.1, 0.15) is 22.7 Å². The second-order valence-electron chi connectivity index (χ2n) is 7.02. The van der Waals surface area contributed by atoms with Gasteiger partial charge in [0.25, 0.3) is 0 Å². The number of carbonyl (C=O) groups is 2. The molecule has 4 rings (SSSR count). The van der Waals surface area contributed by atoms with Crippen molar-refractivity contribution in [2.75, 3.05) is 6.54 Å². The molecule has 30 heavy (non-hydrogen) atoms. The molecule has 0 bridgehead atoms. The highest BCUT2D eigenvalue weighted by atomic mass is 19.1. The molecule has 1 aliphatic heterocycles. The molecule has 5 nitrogen and oxygen atoms in total. The smallest absolute Gasteiger partial charge is 0.412 e. The molecule has 1 atom stereocenters. The molecule has 1 saturated heterocycles. The van der Waals surface area contributed by atoms with Gasteiger partial charge < -0.3 is 10.5 Å². The normalized spacial score (nSPS) is 17.6. The summed E-state index contributed by atoms with van der Waals surface area (Å²) in [6.45, 7) is -0.372. The Bertz CT molecular complexity index is 1020. The first kappa shape index (κ1) is 19.6. The topological polar surface area (TPSA) is 72.6 Å². The molecule has 1 fully saturated rings. The van der Waals surface area contributed by atoms with Crippen LogP contribution in [0.3, 0.4) is 0 Å². The van der Waals surface area contributed by atoms with Gasteiger partial charge in [-0.15, -0.1) is 0 Å². The lowest BCUT2D eigenvalue weighted by atomic mass is 9.77. The number of amides is 2. The first-order valence-corrected chi connectivity index (χ1v) is 9.27. The van der Waals surface area contributed by atoms with Gasteiger partial charge in [0.05, 0.1) is 0 Å². The number of hydrogen-bond donors (Lipinski definition) is 1. The maximum absolute atomic E-state index is 13.7. The van der Waals surface area contributed by atoms with Gasteiger partial charge in [0, 0.05) is 11.1 Å². The van der Waals surface area contributed by atoms with Crippen molar-refractivity contribution in [2.24, 2.45) is 5.73 Å². The van der Waals surface area contributed by atoms with Crippen LogP contribution in [0.25, 0.3) is 0 Å². The minimum absolute atomic E-state index is 0.372. The monoisotopic (exact) mass is 408 g/mol. The number of hydrogen-bond acceptors (Lipinski definition) is 3. The van der Waals surface area contributed by atoms with E-state index in [1.807, 2.05) is 6.07 Å². The zero-order chi connectivity index (χ0) is 21.3. The molecule has 0 saturated carbocycles. The van der Waals surface area contributed by atoms with E-state index in [2.05, 4.69) is 0 Å². The minimum Gasteiger partial charge on any atom is -0.430 e. The van der Waals surface area contributed by atoms with Crippen molar-refractivity contribution in [1.29, 1.82) is 0 Å². The first-order valence-electron chi connectivity index (χ1n) is 9.27. The van der Waals surface area contributed by atoms with Crippen LogP contribution >= 0.6 is 0 Å². The fourth-order valence-corrected chi connectivity index (χ4v) is 3.95. The van der Waals surface area contributed by atoms with E-state index < -0.39 is 35.3 Å². The molecule has 3 aromatic carbocycles. The fraction of sp³-hybridized carbons (Fsp3) is 0.130. The van der Waals surface area contributed by atoms with Crippen LogP contribution in [0.4, 0.5) is 13.6 Å². The Kier molecular flexibility index (Phi) is 4.95. The second kappa shape index (κ2) is 7.59. The first-order chi connectivity index (χ1) is 14.4. The highest BCUT2D eigenvalue weighted by Gasteiger charge is 2.57. The molecule has 0 spiro atoms. The van der Waals surface area contributed by atoms with E-state index in [1.54, 1.807) is 24.3 Å². The summed E-state index contributed by atoms with van der Waals surface area (Å²) in [5, 5.41) is 0. The summed E-state index contributed by atoms with van der Waals surface area (Å²) < 4.78 is 33.3. The van der Waals surface area contributed by atoms with Gasteiger partial charge in [0.1, 0.15) is 24.2 Å².